The predicted molar refractivity (Wildman–Crippen MR) is 131 cm³/mol. The molecular formula is C25H21N5O2S. The maximum absolute atomic E-state index is 13.3. The second-order valence-corrected chi connectivity index (χ2v) is 8.32. The Morgan fingerprint density at radius 1 is 0.909 bits per heavy atom. The van der Waals surface area contributed by atoms with Crippen LogP contribution in [0.3, 0.4) is 0 Å². The van der Waals surface area contributed by atoms with E-state index in [1.54, 1.807) is 15.5 Å². The summed E-state index contributed by atoms with van der Waals surface area (Å²) in [5.41, 5.74) is 2.12. The summed E-state index contributed by atoms with van der Waals surface area (Å²) in [5.74, 6) is 0.587. The zero-order valence-corrected chi connectivity index (χ0v) is 18.8. The lowest BCUT2D eigenvalue weighted by Crippen LogP contribution is -2.32. The largest absolute Gasteiger partial charge is 0.312 e. The highest BCUT2D eigenvalue weighted by Gasteiger charge is 2.20. The van der Waals surface area contributed by atoms with Crippen molar-refractivity contribution in [3.63, 3.8) is 0 Å². The summed E-state index contributed by atoms with van der Waals surface area (Å²) in [5, 5.41) is 9.80. The molecule has 3 aromatic carbocycles. The fraction of sp³-hybridized carbons (Fsp3) is 0.120. The van der Waals surface area contributed by atoms with Crippen LogP contribution in [-0.2, 0) is 4.79 Å². The van der Waals surface area contributed by atoms with Crippen LogP contribution < -0.4 is 10.5 Å². The van der Waals surface area contributed by atoms with Crippen molar-refractivity contribution in [2.75, 3.05) is 17.2 Å². The number of fused-ring (bicyclic) bond motifs is 3. The van der Waals surface area contributed by atoms with Crippen LogP contribution in [0.5, 0.6) is 0 Å². The number of carbonyl (C=O) groups is 1. The van der Waals surface area contributed by atoms with Crippen LogP contribution in [0.25, 0.3) is 22.4 Å². The number of anilines is 1. The van der Waals surface area contributed by atoms with E-state index in [4.69, 9.17) is 0 Å². The molecule has 0 saturated heterocycles. The molecule has 7 nitrogen and oxygen atoms in total. The first-order valence-electron chi connectivity index (χ1n) is 10.6. The normalized spacial score (nSPS) is 11.2. The van der Waals surface area contributed by atoms with Gasteiger partial charge in [0.1, 0.15) is 0 Å². The highest BCUT2D eigenvalue weighted by Crippen LogP contribution is 2.24. The van der Waals surface area contributed by atoms with Crippen LogP contribution >= 0.6 is 11.8 Å². The minimum Gasteiger partial charge on any atom is -0.312 e. The topological polar surface area (TPSA) is 72.5 Å². The van der Waals surface area contributed by atoms with Crippen molar-refractivity contribution in [3.05, 3.63) is 95.3 Å². The average Bonchev–Trinajstić information content (AvgIpc) is 3.28. The Kier molecular flexibility index (Phi) is 5.66. The van der Waals surface area contributed by atoms with E-state index in [0.29, 0.717) is 34.1 Å². The van der Waals surface area contributed by atoms with E-state index in [2.05, 4.69) is 10.2 Å². The molecule has 5 aromatic rings. The van der Waals surface area contributed by atoms with Crippen molar-refractivity contribution in [1.82, 2.24) is 19.2 Å². The van der Waals surface area contributed by atoms with E-state index < -0.39 is 0 Å². The molecule has 2 heterocycles. The summed E-state index contributed by atoms with van der Waals surface area (Å²) in [6.45, 7) is 2.52. The molecule has 33 heavy (non-hydrogen) atoms. The minimum atomic E-state index is -0.162. The maximum atomic E-state index is 13.3. The molecule has 0 N–H and O–H groups in total. The van der Waals surface area contributed by atoms with Crippen molar-refractivity contribution in [2.45, 2.75) is 12.1 Å². The first-order chi connectivity index (χ1) is 16.2. The third-order valence-corrected chi connectivity index (χ3v) is 6.33. The molecule has 8 heteroatoms. The van der Waals surface area contributed by atoms with Crippen molar-refractivity contribution in [3.8, 4) is 5.69 Å². The Balaban J connectivity index is 1.57. The Hall–Kier alpha value is -3.91. The van der Waals surface area contributed by atoms with Crippen molar-refractivity contribution >= 4 is 40.0 Å². The maximum Gasteiger partial charge on any atom is 0.267 e. The van der Waals surface area contributed by atoms with E-state index >= 15 is 0 Å². The standard InChI is InChI=1S/C25H21N5O2S/c1-2-28(18-11-5-3-6-12-18)22(31)17-33-25-27-26-24-29(19-13-7-4-8-14-19)23(32)20-15-9-10-16-21(20)30(24)25/h3-16H,2,17H2,1H3. The summed E-state index contributed by atoms with van der Waals surface area (Å²) in [6.07, 6.45) is 0. The van der Waals surface area contributed by atoms with Gasteiger partial charge < -0.3 is 4.90 Å². The molecule has 0 spiro atoms. The zero-order valence-electron chi connectivity index (χ0n) is 18.0. The Bertz CT molecular complexity index is 1500. The summed E-state index contributed by atoms with van der Waals surface area (Å²) < 4.78 is 3.41. The molecule has 0 bridgehead atoms. The molecule has 0 aliphatic carbocycles. The number of thioether (sulfide) groups is 1. The second kappa shape index (κ2) is 8.91. The molecule has 2 aromatic heterocycles. The lowest BCUT2D eigenvalue weighted by atomic mass is 10.2. The molecule has 1 amide bonds. The van der Waals surface area contributed by atoms with Crippen LogP contribution in [0, 0.1) is 0 Å². The number of benzene rings is 3. The Morgan fingerprint density at radius 2 is 1.58 bits per heavy atom. The molecule has 164 valence electrons. The van der Waals surface area contributed by atoms with Crippen LogP contribution in [0.15, 0.2) is 94.9 Å². The van der Waals surface area contributed by atoms with Gasteiger partial charge in [-0.25, -0.2) is 4.57 Å². The molecule has 5 rings (SSSR count). The van der Waals surface area contributed by atoms with E-state index in [1.165, 1.54) is 11.8 Å². The molecule has 0 saturated carbocycles. The van der Waals surface area contributed by atoms with Gasteiger partial charge in [-0.05, 0) is 43.3 Å². The first kappa shape index (κ1) is 21.0. The van der Waals surface area contributed by atoms with E-state index in [9.17, 15) is 9.59 Å². The monoisotopic (exact) mass is 455 g/mol. The average molecular weight is 456 g/mol. The third kappa shape index (κ3) is 3.78. The van der Waals surface area contributed by atoms with Gasteiger partial charge in [0.25, 0.3) is 5.56 Å². The summed E-state index contributed by atoms with van der Waals surface area (Å²) in [6, 6.07) is 26.4. The van der Waals surface area contributed by atoms with E-state index in [1.807, 2.05) is 90.2 Å². The smallest absolute Gasteiger partial charge is 0.267 e. The third-order valence-electron chi connectivity index (χ3n) is 5.42. The van der Waals surface area contributed by atoms with Gasteiger partial charge in [0.05, 0.1) is 22.3 Å². The number of para-hydroxylation sites is 3. The number of nitrogens with zero attached hydrogens (tertiary/aromatic N) is 5. The minimum absolute atomic E-state index is 0.0221. The van der Waals surface area contributed by atoms with Crippen LogP contribution in [0.4, 0.5) is 5.69 Å². The highest BCUT2D eigenvalue weighted by atomic mass is 32.2. The number of aromatic nitrogens is 4. The van der Waals surface area contributed by atoms with Gasteiger partial charge in [0.15, 0.2) is 5.16 Å². The van der Waals surface area contributed by atoms with Crippen LogP contribution in [0.1, 0.15) is 6.92 Å². The van der Waals surface area contributed by atoms with E-state index in [0.717, 1.165) is 5.69 Å². The fourth-order valence-corrected chi connectivity index (χ4v) is 4.71. The number of amides is 1. The predicted octanol–water partition coefficient (Wildman–Crippen LogP) is 4.18. The molecule has 0 fully saturated rings. The second-order valence-electron chi connectivity index (χ2n) is 7.37. The van der Waals surface area contributed by atoms with Gasteiger partial charge in [0, 0.05) is 12.2 Å². The lowest BCUT2D eigenvalue weighted by Gasteiger charge is -2.20. The van der Waals surface area contributed by atoms with Crippen LogP contribution in [-0.4, -0.2) is 37.4 Å². The van der Waals surface area contributed by atoms with Crippen molar-refractivity contribution < 1.29 is 4.79 Å². The highest BCUT2D eigenvalue weighted by molar-refractivity contribution is 7.99. The SMILES string of the molecule is CCN(C(=O)CSc1nnc2n(-c3ccccc3)c(=O)c3ccccc3n12)c1ccccc1. The number of hydrogen-bond donors (Lipinski definition) is 0. The summed E-state index contributed by atoms with van der Waals surface area (Å²) >= 11 is 1.31. The fourth-order valence-electron chi connectivity index (χ4n) is 3.90. The summed E-state index contributed by atoms with van der Waals surface area (Å²) in [7, 11) is 0. The van der Waals surface area contributed by atoms with Gasteiger partial charge in [-0.3, -0.25) is 14.0 Å². The van der Waals surface area contributed by atoms with Gasteiger partial charge in [-0.1, -0.05) is 60.3 Å². The lowest BCUT2D eigenvalue weighted by molar-refractivity contribution is -0.116. The molecule has 0 atom stereocenters. The molecular weight excluding hydrogens is 434 g/mol. The molecule has 0 unspecified atom stereocenters. The van der Waals surface area contributed by atoms with Crippen molar-refractivity contribution in [1.29, 1.82) is 0 Å². The van der Waals surface area contributed by atoms with Gasteiger partial charge in [-0.15, -0.1) is 10.2 Å². The number of carbonyl (C=O) groups excluding carboxylic acids is 1. The summed E-state index contributed by atoms with van der Waals surface area (Å²) in [4.78, 5) is 28.1. The Labute approximate surface area is 194 Å². The number of hydrogen-bond acceptors (Lipinski definition) is 5. The number of rotatable bonds is 6. The quantitative estimate of drug-likeness (QED) is 0.359. The van der Waals surface area contributed by atoms with E-state index in [-0.39, 0.29) is 17.2 Å². The Morgan fingerprint density at radius 3 is 2.30 bits per heavy atom. The molecule has 0 radical (unpaired) electrons. The zero-order chi connectivity index (χ0) is 22.8. The molecule has 0 aliphatic heterocycles. The first-order valence-corrected chi connectivity index (χ1v) is 11.6. The molecule has 0 aliphatic rings. The van der Waals surface area contributed by atoms with Gasteiger partial charge in [-0.2, -0.15) is 0 Å². The van der Waals surface area contributed by atoms with Gasteiger partial charge in [0.2, 0.25) is 11.7 Å². The van der Waals surface area contributed by atoms with Gasteiger partial charge >= 0.3 is 0 Å². The van der Waals surface area contributed by atoms with Crippen molar-refractivity contribution in [2.24, 2.45) is 0 Å². The van der Waals surface area contributed by atoms with Crippen LogP contribution in [0.2, 0.25) is 0 Å².